The number of anilines is 2. The van der Waals surface area contributed by atoms with E-state index in [4.69, 9.17) is 0 Å². The van der Waals surface area contributed by atoms with E-state index in [0.29, 0.717) is 0 Å². The van der Waals surface area contributed by atoms with Crippen LogP contribution in [0.1, 0.15) is 33.1 Å². The number of hydrogen-bond donors (Lipinski definition) is 1. The summed E-state index contributed by atoms with van der Waals surface area (Å²) in [5, 5.41) is 3.24. The van der Waals surface area contributed by atoms with E-state index in [1.54, 1.807) is 0 Å². The summed E-state index contributed by atoms with van der Waals surface area (Å²) >= 11 is 0. The predicted octanol–water partition coefficient (Wildman–Crippen LogP) is 3.02. The van der Waals surface area contributed by atoms with E-state index in [0.717, 1.165) is 24.3 Å². The zero-order chi connectivity index (χ0) is 12.3. The molecule has 0 aliphatic carbocycles. The highest BCUT2D eigenvalue weighted by molar-refractivity contribution is 6.04. The van der Waals surface area contributed by atoms with Gasteiger partial charge in [-0.2, -0.15) is 0 Å². The normalized spacial score (nSPS) is 18.8. The van der Waals surface area contributed by atoms with Gasteiger partial charge in [-0.05, 0) is 25.5 Å². The van der Waals surface area contributed by atoms with Gasteiger partial charge in [0.1, 0.15) is 6.04 Å². The summed E-state index contributed by atoms with van der Waals surface area (Å²) in [6.45, 7) is 4.93. The van der Waals surface area contributed by atoms with Gasteiger partial charge in [-0.3, -0.25) is 4.79 Å². The van der Waals surface area contributed by atoms with Crippen LogP contribution in [0.2, 0.25) is 0 Å². The van der Waals surface area contributed by atoms with Crippen LogP contribution in [0, 0.1) is 0 Å². The van der Waals surface area contributed by atoms with Gasteiger partial charge >= 0.3 is 0 Å². The number of nitrogens with zero attached hydrogens (tertiary/aromatic N) is 1. The summed E-state index contributed by atoms with van der Waals surface area (Å²) in [6.07, 6.45) is 3.43. The van der Waals surface area contributed by atoms with Gasteiger partial charge in [0.15, 0.2) is 0 Å². The molecule has 92 valence electrons. The fourth-order valence-electron chi connectivity index (χ4n) is 2.23. The lowest BCUT2D eigenvalue weighted by molar-refractivity contribution is -0.119. The molecule has 1 aromatic carbocycles. The summed E-state index contributed by atoms with van der Waals surface area (Å²) in [4.78, 5) is 14.1. The maximum atomic E-state index is 12.1. The molecule has 0 aromatic heterocycles. The highest BCUT2D eigenvalue weighted by Crippen LogP contribution is 2.31. The highest BCUT2D eigenvalue weighted by atomic mass is 16.2. The van der Waals surface area contributed by atoms with Gasteiger partial charge in [0.05, 0.1) is 11.4 Å². The lowest BCUT2D eigenvalue weighted by Crippen LogP contribution is -2.46. The molecule has 1 N–H and O–H groups in total. The van der Waals surface area contributed by atoms with E-state index in [2.05, 4.69) is 12.2 Å². The third kappa shape index (κ3) is 2.43. The van der Waals surface area contributed by atoms with Gasteiger partial charge in [-0.1, -0.05) is 31.9 Å². The Labute approximate surface area is 103 Å². The first-order valence-corrected chi connectivity index (χ1v) is 6.41. The second-order valence-corrected chi connectivity index (χ2v) is 4.58. The van der Waals surface area contributed by atoms with Gasteiger partial charge in [0.2, 0.25) is 5.91 Å². The van der Waals surface area contributed by atoms with Gasteiger partial charge in [0, 0.05) is 6.54 Å². The molecule has 0 bridgehead atoms. The summed E-state index contributed by atoms with van der Waals surface area (Å²) in [5.41, 5.74) is 2.09. The van der Waals surface area contributed by atoms with Crippen LogP contribution in [0.4, 0.5) is 11.4 Å². The molecule has 1 atom stereocenters. The minimum absolute atomic E-state index is 0.119. The van der Waals surface area contributed by atoms with Crippen LogP contribution in [-0.4, -0.2) is 18.5 Å². The van der Waals surface area contributed by atoms with Crippen LogP contribution < -0.4 is 10.2 Å². The van der Waals surface area contributed by atoms with Gasteiger partial charge in [0.25, 0.3) is 0 Å². The van der Waals surface area contributed by atoms with E-state index < -0.39 is 0 Å². The van der Waals surface area contributed by atoms with E-state index in [1.165, 1.54) is 12.8 Å². The zero-order valence-corrected chi connectivity index (χ0v) is 10.6. The molecule has 3 heteroatoms. The van der Waals surface area contributed by atoms with Crippen molar-refractivity contribution in [2.24, 2.45) is 0 Å². The third-order valence-electron chi connectivity index (χ3n) is 3.19. The number of para-hydroxylation sites is 2. The Balaban J connectivity index is 2.20. The zero-order valence-electron chi connectivity index (χ0n) is 10.6. The minimum atomic E-state index is -0.119. The first kappa shape index (κ1) is 12.0. The number of amides is 1. The molecule has 1 amide bonds. The average molecular weight is 232 g/mol. The van der Waals surface area contributed by atoms with Crippen LogP contribution >= 0.6 is 0 Å². The topological polar surface area (TPSA) is 32.3 Å². The molecule has 17 heavy (non-hydrogen) atoms. The molecular formula is C14H20N2O. The monoisotopic (exact) mass is 232 g/mol. The first-order chi connectivity index (χ1) is 8.24. The van der Waals surface area contributed by atoms with E-state index in [-0.39, 0.29) is 11.9 Å². The molecular weight excluding hydrogens is 212 g/mol. The number of rotatable bonds is 4. The lowest BCUT2D eigenvalue weighted by atomic mass is 10.1. The Kier molecular flexibility index (Phi) is 3.67. The number of benzene rings is 1. The summed E-state index contributed by atoms with van der Waals surface area (Å²) < 4.78 is 0. The predicted molar refractivity (Wildman–Crippen MR) is 71.4 cm³/mol. The Hall–Kier alpha value is -1.51. The quantitative estimate of drug-likeness (QED) is 0.809. The molecule has 0 saturated heterocycles. The van der Waals surface area contributed by atoms with Crippen molar-refractivity contribution in [1.82, 2.24) is 0 Å². The number of fused-ring (bicyclic) bond motifs is 1. The average Bonchev–Trinajstić information content (AvgIpc) is 2.34. The van der Waals surface area contributed by atoms with E-state index in [9.17, 15) is 4.79 Å². The van der Waals surface area contributed by atoms with Gasteiger partial charge in [-0.25, -0.2) is 0 Å². The second-order valence-electron chi connectivity index (χ2n) is 4.58. The van der Waals surface area contributed by atoms with Crippen molar-refractivity contribution >= 4 is 17.3 Å². The summed E-state index contributed by atoms with van der Waals surface area (Å²) in [5.74, 6) is 0.180. The highest BCUT2D eigenvalue weighted by Gasteiger charge is 2.28. The van der Waals surface area contributed by atoms with E-state index in [1.807, 2.05) is 36.1 Å². The summed E-state index contributed by atoms with van der Waals surface area (Å²) in [7, 11) is 0. The standard InChI is InChI=1S/C14H20N2O/c1-3-4-7-10-16-13-9-6-5-8-12(13)15-11(2)14(16)17/h5-6,8-9,11,15H,3-4,7,10H2,1-2H3. The van der Waals surface area contributed by atoms with Crippen molar-refractivity contribution < 1.29 is 4.79 Å². The van der Waals surface area contributed by atoms with Crippen LogP contribution in [0.5, 0.6) is 0 Å². The molecule has 1 aromatic rings. The molecule has 0 spiro atoms. The smallest absolute Gasteiger partial charge is 0.249 e. The number of nitrogens with one attached hydrogen (secondary N) is 1. The second kappa shape index (κ2) is 5.21. The largest absolute Gasteiger partial charge is 0.372 e. The number of unbranched alkanes of at least 4 members (excludes halogenated alkanes) is 2. The van der Waals surface area contributed by atoms with Crippen LogP contribution in [0.25, 0.3) is 0 Å². The Morgan fingerprint density at radius 3 is 2.82 bits per heavy atom. The lowest BCUT2D eigenvalue weighted by Gasteiger charge is -2.34. The molecule has 3 nitrogen and oxygen atoms in total. The van der Waals surface area contributed by atoms with Crippen LogP contribution in [0.3, 0.4) is 0 Å². The van der Waals surface area contributed by atoms with Gasteiger partial charge in [-0.15, -0.1) is 0 Å². The Bertz CT molecular complexity index is 403. The Morgan fingerprint density at radius 1 is 1.29 bits per heavy atom. The van der Waals surface area contributed by atoms with Crippen molar-refractivity contribution in [3.63, 3.8) is 0 Å². The molecule has 1 aliphatic heterocycles. The molecule has 0 radical (unpaired) electrons. The molecule has 0 fully saturated rings. The molecule has 1 unspecified atom stereocenters. The maximum absolute atomic E-state index is 12.1. The first-order valence-electron chi connectivity index (χ1n) is 6.41. The number of hydrogen-bond acceptors (Lipinski definition) is 2. The fourth-order valence-corrected chi connectivity index (χ4v) is 2.23. The van der Waals surface area contributed by atoms with E-state index >= 15 is 0 Å². The summed E-state index contributed by atoms with van der Waals surface area (Å²) in [6, 6.07) is 7.91. The molecule has 1 aliphatic rings. The number of carbonyl (C=O) groups excluding carboxylic acids is 1. The van der Waals surface area contributed by atoms with Crippen molar-refractivity contribution in [1.29, 1.82) is 0 Å². The SMILES string of the molecule is CCCCCN1C(=O)C(C)Nc2ccccc21. The molecule has 2 rings (SSSR count). The van der Waals surface area contributed by atoms with Crippen molar-refractivity contribution in [3.05, 3.63) is 24.3 Å². The molecule has 1 heterocycles. The minimum Gasteiger partial charge on any atom is -0.372 e. The Morgan fingerprint density at radius 2 is 2.06 bits per heavy atom. The van der Waals surface area contributed by atoms with Crippen molar-refractivity contribution in [3.8, 4) is 0 Å². The number of carbonyl (C=O) groups is 1. The van der Waals surface area contributed by atoms with Crippen LogP contribution in [0.15, 0.2) is 24.3 Å². The van der Waals surface area contributed by atoms with Crippen molar-refractivity contribution in [2.75, 3.05) is 16.8 Å². The van der Waals surface area contributed by atoms with Crippen molar-refractivity contribution in [2.45, 2.75) is 39.2 Å². The fraction of sp³-hybridized carbons (Fsp3) is 0.500. The molecule has 0 saturated carbocycles. The third-order valence-corrected chi connectivity index (χ3v) is 3.19. The van der Waals surface area contributed by atoms with Gasteiger partial charge < -0.3 is 10.2 Å². The maximum Gasteiger partial charge on any atom is 0.249 e. The van der Waals surface area contributed by atoms with Crippen LogP contribution in [-0.2, 0) is 4.79 Å².